The van der Waals surface area contributed by atoms with Gasteiger partial charge in [0.2, 0.25) is 0 Å². The van der Waals surface area contributed by atoms with Crippen molar-refractivity contribution >= 4 is 5.96 Å². The Kier molecular flexibility index (Phi) is 5.74. The average molecular weight is 290 g/mol. The summed E-state index contributed by atoms with van der Waals surface area (Å²) in [6.45, 7) is 5.10. The highest BCUT2D eigenvalue weighted by Crippen LogP contribution is 1.94. The lowest BCUT2D eigenvalue weighted by molar-refractivity contribution is 0.570. The summed E-state index contributed by atoms with van der Waals surface area (Å²) in [6, 6.07) is 1.93. The summed E-state index contributed by atoms with van der Waals surface area (Å²) in [6.07, 6.45) is 6.42. The van der Waals surface area contributed by atoms with Crippen LogP contribution in [0.5, 0.6) is 0 Å². The highest BCUT2D eigenvalue weighted by atomic mass is 15.3. The molecule has 21 heavy (non-hydrogen) atoms. The number of aliphatic imine (C=N–C) groups is 1. The molecule has 0 bridgehead atoms. The van der Waals surface area contributed by atoms with Crippen molar-refractivity contribution in [2.24, 2.45) is 12.0 Å². The maximum absolute atomic E-state index is 4.50. The van der Waals surface area contributed by atoms with Gasteiger partial charge in [-0.15, -0.1) is 10.2 Å². The van der Waals surface area contributed by atoms with Crippen LogP contribution in [-0.4, -0.2) is 43.6 Å². The molecule has 2 aromatic rings. The largest absolute Gasteiger partial charge is 0.357 e. The zero-order valence-electron chi connectivity index (χ0n) is 12.5. The number of aryl methyl sites for hydroxylation is 2. The predicted octanol–water partition coefficient (Wildman–Crippen LogP) is 0.157. The second-order valence-electron chi connectivity index (χ2n) is 4.60. The van der Waals surface area contributed by atoms with Crippen LogP contribution in [0.25, 0.3) is 0 Å². The van der Waals surface area contributed by atoms with Gasteiger partial charge in [0.25, 0.3) is 0 Å². The third-order valence-electron chi connectivity index (χ3n) is 2.94. The Morgan fingerprint density at radius 2 is 2.29 bits per heavy atom. The lowest BCUT2D eigenvalue weighted by Gasteiger charge is -2.11. The Bertz CT molecular complexity index is 542. The zero-order valence-corrected chi connectivity index (χ0v) is 12.5. The summed E-state index contributed by atoms with van der Waals surface area (Å²) in [5, 5.41) is 18.6. The molecule has 8 heteroatoms. The molecule has 0 aliphatic carbocycles. The smallest absolute Gasteiger partial charge is 0.191 e. The molecule has 0 radical (unpaired) electrons. The van der Waals surface area contributed by atoms with Crippen molar-refractivity contribution in [2.45, 2.75) is 26.4 Å². The van der Waals surface area contributed by atoms with Crippen LogP contribution in [0.2, 0.25) is 0 Å². The molecule has 0 saturated heterocycles. The van der Waals surface area contributed by atoms with Crippen LogP contribution in [-0.2, 0) is 20.1 Å². The summed E-state index contributed by atoms with van der Waals surface area (Å²) in [7, 11) is 1.91. The van der Waals surface area contributed by atoms with Gasteiger partial charge in [-0.3, -0.25) is 4.68 Å². The molecule has 2 N–H and O–H groups in total. The molecule has 8 nitrogen and oxygen atoms in total. The van der Waals surface area contributed by atoms with Crippen molar-refractivity contribution in [3.05, 3.63) is 30.6 Å². The van der Waals surface area contributed by atoms with Crippen molar-refractivity contribution in [1.29, 1.82) is 0 Å². The second-order valence-corrected chi connectivity index (χ2v) is 4.60. The first kappa shape index (κ1) is 15.0. The van der Waals surface area contributed by atoms with E-state index in [9.17, 15) is 0 Å². The molecule has 114 valence electrons. The number of hydrogen-bond donors (Lipinski definition) is 2. The molecular weight excluding hydrogens is 268 g/mol. The fourth-order valence-electron chi connectivity index (χ4n) is 1.82. The standard InChI is InChI=1S/C13H22N8/c1-3-14-13(16-10-12-19-17-11-20(12)2)15-6-4-8-21-9-5-7-18-21/h5,7,9,11H,3-4,6,8,10H2,1-2H3,(H2,14,15,16). The molecule has 0 amide bonds. The van der Waals surface area contributed by atoms with Gasteiger partial charge in [-0.1, -0.05) is 0 Å². The van der Waals surface area contributed by atoms with Gasteiger partial charge < -0.3 is 15.2 Å². The minimum atomic E-state index is 0.505. The quantitative estimate of drug-likeness (QED) is 0.431. The van der Waals surface area contributed by atoms with Crippen molar-refractivity contribution in [1.82, 2.24) is 35.2 Å². The SMILES string of the molecule is CCNC(=NCc1nncn1C)NCCCn1cccn1. The van der Waals surface area contributed by atoms with E-state index in [0.717, 1.165) is 37.8 Å². The summed E-state index contributed by atoms with van der Waals surface area (Å²) in [5.74, 6) is 1.63. The van der Waals surface area contributed by atoms with E-state index < -0.39 is 0 Å². The number of nitrogens with zero attached hydrogens (tertiary/aromatic N) is 6. The highest BCUT2D eigenvalue weighted by molar-refractivity contribution is 5.79. The minimum Gasteiger partial charge on any atom is -0.357 e. The van der Waals surface area contributed by atoms with Gasteiger partial charge in [0.15, 0.2) is 11.8 Å². The normalized spacial score (nSPS) is 11.6. The van der Waals surface area contributed by atoms with Gasteiger partial charge in [0.05, 0.1) is 0 Å². The van der Waals surface area contributed by atoms with Crippen molar-refractivity contribution < 1.29 is 0 Å². The van der Waals surface area contributed by atoms with Gasteiger partial charge in [0, 0.05) is 39.1 Å². The Labute approximate surface area is 124 Å². The second kappa shape index (κ2) is 8.03. The highest BCUT2D eigenvalue weighted by Gasteiger charge is 2.01. The molecule has 0 unspecified atom stereocenters. The van der Waals surface area contributed by atoms with Crippen molar-refractivity contribution in [3.63, 3.8) is 0 Å². The molecule has 2 aromatic heterocycles. The van der Waals surface area contributed by atoms with Gasteiger partial charge in [0.1, 0.15) is 12.9 Å². The fourth-order valence-corrected chi connectivity index (χ4v) is 1.82. The van der Waals surface area contributed by atoms with Crippen LogP contribution < -0.4 is 10.6 Å². The molecule has 0 aromatic carbocycles. The van der Waals surface area contributed by atoms with Crippen LogP contribution in [0.15, 0.2) is 29.8 Å². The molecule has 0 spiro atoms. The van der Waals surface area contributed by atoms with E-state index in [-0.39, 0.29) is 0 Å². The number of nitrogens with one attached hydrogen (secondary N) is 2. The molecule has 0 aliphatic rings. The van der Waals surface area contributed by atoms with E-state index in [1.807, 2.05) is 35.5 Å². The maximum atomic E-state index is 4.50. The molecular formula is C13H22N8. The molecule has 0 aliphatic heterocycles. The van der Waals surface area contributed by atoms with Crippen molar-refractivity contribution in [3.8, 4) is 0 Å². The molecule has 2 rings (SSSR count). The number of aromatic nitrogens is 5. The van der Waals surface area contributed by atoms with Crippen LogP contribution >= 0.6 is 0 Å². The number of guanidine groups is 1. The Morgan fingerprint density at radius 1 is 1.38 bits per heavy atom. The topological polar surface area (TPSA) is 85.0 Å². The predicted molar refractivity (Wildman–Crippen MR) is 80.7 cm³/mol. The summed E-state index contributed by atoms with van der Waals surface area (Å²) in [5.41, 5.74) is 0. The van der Waals surface area contributed by atoms with Crippen LogP contribution in [0.4, 0.5) is 0 Å². The van der Waals surface area contributed by atoms with E-state index in [1.165, 1.54) is 0 Å². The van der Waals surface area contributed by atoms with Gasteiger partial charge in [-0.2, -0.15) is 5.10 Å². The fraction of sp³-hybridized carbons (Fsp3) is 0.538. The van der Waals surface area contributed by atoms with Crippen LogP contribution in [0, 0.1) is 0 Å². The number of hydrogen-bond acceptors (Lipinski definition) is 4. The van der Waals surface area contributed by atoms with Crippen molar-refractivity contribution in [2.75, 3.05) is 13.1 Å². The molecule has 0 fully saturated rings. The Balaban J connectivity index is 1.77. The third kappa shape index (κ3) is 4.90. The summed E-state index contributed by atoms with van der Waals surface area (Å²) in [4.78, 5) is 4.50. The summed E-state index contributed by atoms with van der Waals surface area (Å²) >= 11 is 0. The van der Waals surface area contributed by atoms with E-state index in [0.29, 0.717) is 6.54 Å². The first-order chi connectivity index (χ1) is 10.3. The summed E-state index contributed by atoms with van der Waals surface area (Å²) < 4.78 is 3.79. The van der Waals surface area contributed by atoms with Crippen LogP contribution in [0.3, 0.4) is 0 Å². The zero-order chi connectivity index (χ0) is 14.9. The average Bonchev–Trinajstić information content (AvgIpc) is 3.12. The van der Waals surface area contributed by atoms with E-state index in [2.05, 4.69) is 30.9 Å². The first-order valence-corrected chi connectivity index (χ1v) is 7.12. The Morgan fingerprint density at radius 3 is 2.95 bits per heavy atom. The first-order valence-electron chi connectivity index (χ1n) is 7.12. The van der Waals surface area contributed by atoms with Crippen LogP contribution in [0.1, 0.15) is 19.2 Å². The van der Waals surface area contributed by atoms with E-state index in [4.69, 9.17) is 0 Å². The molecule has 0 saturated carbocycles. The van der Waals surface area contributed by atoms with Gasteiger partial charge >= 0.3 is 0 Å². The number of rotatable bonds is 7. The monoisotopic (exact) mass is 290 g/mol. The molecule has 2 heterocycles. The lowest BCUT2D eigenvalue weighted by Crippen LogP contribution is -2.38. The van der Waals surface area contributed by atoms with Gasteiger partial charge in [-0.05, 0) is 19.4 Å². The molecule has 0 atom stereocenters. The third-order valence-corrected chi connectivity index (χ3v) is 2.94. The lowest BCUT2D eigenvalue weighted by atomic mass is 10.4. The minimum absolute atomic E-state index is 0.505. The van der Waals surface area contributed by atoms with E-state index in [1.54, 1.807) is 12.5 Å². The van der Waals surface area contributed by atoms with Gasteiger partial charge in [-0.25, -0.2) is 4.99 Å². The maximum Gasteiger partial charge on any atom is 0.191 e. The Hall–Kier alpha value is -2.38. The van der Waals surface area contributed by atoms with E-state index >= 15 is 0 Å².